The minimum atomic E-state index is -0.569. The lowest BCUT2D eigenvalue weighted by Gasteiger charge is -2.64. The molecule has 0 bridgehead atoms. The molecule has 0 aromatic heterocycles. The molecule has 10 atom stereocenters. The van der Waals surface area contributed by atoms with E-state index in [0.717, 1.165) is 51.4 Å². The molecule has 1 N–H and O–H groups in total. The summed E-state index contributed by atoms with van der Waals surface area (Å²) in [6.07, 6.45) is 17.9. The fourth-order valence-corrected chi connectivity index (χ4v) is 10.1. The zero-order valence-corrected chi connectivity index (χ0v) is 21.7. The van der Waals surface area contributed by atoms with E-state index in [4.69, 9.17) is 9.47 Å². The molecule has 34 heavy (non-hydrogen) atoms. The Hall–Kier alpha value is -0.710. The van der Waals surface area contributed by atoms with Crippen molar-refractivity contribution in [3.05, 3.63) is 11.6 Å². The van der Waals surface area contributed by atoms with Crippen molar-refractivity contribution in [2.24, 2.45) is 34.5 Å². The Morgan fingerprint density at radius 2 is 1.82 bits per heavy atom. The van der Waals surface area contributed by atoms with E-state index in [9.17, 15) is 9.90 Å². The van der Waals surface area contributed by atoms with Gasteiger partial charge in [0.05, 0.1) is 17.8 Å². The Morgan fingerprint density at radius 3 is 2.59 bits per heavy atom. The summed E-state index contributed by atoms with van der Waals surface area (Å²) in [7, 11) is 0. The molecule has 0 radical (unpaired) electrons. The maximum atomic E-state index is 12.4. The van der Waals surface area contributed by atoms with Gasteiger partial charge in [-0.3, -0.25) is 4.79 Å². The third-order valence-electron chi connectivity index (χ3n) is 12.0. The molecule has 0 amide bonds. The van der Waals surface area contributed by atoms with Gasteiger partial charge in [-0.2, -0.15) is 0 Å². The van der Waals surface area contributed by atoms with Crippen LogP contribution in [0.4, 0.5) is 0 Å². The van der Waals surface area contributed by atoms with Crippen LogP contribution in [-0.4, -0.2) is 35.0 Å². The van der Waals surface area contributed by atoms with Gasteiger partial charge in [0.15, 0.2) is 12.1 Å². The summed E-state index contributed by atoms with van der Waals surface area (Å²) < 4.78 is 12.6. The van der Waals surface area contributed by atoms with Crippen molar-refractivity contribution in [1.29, 1.82) is 0 Å². The Morgan fingerprint density at radius 1 is 0.971 bits per heavy atom. The summed E-state index contributed by atoms with van der Waals surface area (Å²) in [5, 5.41) is 12.4. The van der Waals surface area contributed by atoms with Gasteiger partial charge in [0.1, 0.15) is 0 Å². The molecule has 0 aromatic carbocycles. The van der Waals surface area contributed by atoms with Crippen molar-refractivity contribution in [2.75, 3.05) is 0 Å². The first-order valence-electron chi connectivity index (χ1n) is 14.5. The Balaban J connectivity index is 1.17. The molecule has 4 saturated carbocycles. The van der Waals surface area contributed by atoms with Crippen LogP contribution in [0.5, 0.6) is 0 Å². The number of carbonyl (C=O) groups is 1. The fourth-order valence-electron chi connectivity index (χ4n) is 10.1. The number of ketones is 1. The van der Waals surface area contributed by atoms with Gasteiger partial charge >= 0.3 is 0 Å². The summed E-state index contributed by atoms with van der Waals surface area (Å²) in [6.45, 7) is 7.10. The van der Waals surface area contributed by atoms with E-state index in [1.54, 1.807) is 0 Å². The van der Waals surface area contributed by atoms with Crippen LogP contribution in [0.1, 0.15) is 111 Å². The second-order valence-electron chi connectivity index (χ2n) is 13.5. The summed E-state index contributed by atoms with van der Waals surface area (Å²) in [4.78, 5) is 12.0. The van der Waals surface area contributed by atoms with Crippen LogP contribution in [0.3, 0.4) is 0 Å². The van der Waals surface area contributed by atoms with E-state index in [1.165, 1.54) is 37.7 Å². The monoisotopic (exact) mass is 470 g/mol. The predicted octanol–water partition coefficient (Wildman–Crippen LogP) is 6.35. The Kier molecular flexibility index (Phi) is 5.86. The largest absolute Gasteiger partial charge is 0.389 e. The van der Waals surface area contributed by atoms with Crippen molar-refractivity contribution in [2.45, 2.75) is 135 Å². The minimum absolute atomic E-state index is 0.00209. The fraction of sp³-hybridized carbons (Fsp3) is 0.900. The highest BCUT2D eigenvalue weighted by Gasteiger charge is 2.67. The highest BCUT2D eigenvalue weighted by atomic mass is 16.7. The van der Waals surface area contributed by atoms with Crippen molar-refractivity contribution >= 4 is 5.78 Å². The average molecular weight is 471 g/mol. The average Bonchev–Trinajstić information content (AvgIpc) is 3.34. The molecule has 190 valence electrons. The molecule has 5 aliphatic carbocycles. The maximum Gasteiger partial charge on any atom is 0.158 e. The van der Waals surface area contributed by atoms with Crippen LogP contribution in [-0.2, 0) is 14.3 Å². The van der Waals surface area contributed by atoms with Gasteiger partial charge < -0.3 is 14.6 Å². The van der Waals surface area contributed by atoms with E-state index in [-0.39, 0.29) is 11.7 Å². The van der Waals surface area contributed by atoms with Crippen LogP contribution < -0.4 is 0 Å². The highest BCUT2D eigenvalue weighted by Crippen LogP contribution is 2.70. The number of fused-ring (bicyclic) bond motifs is 5. The molecular formula is C30H46O4. The van der Waals surface area contributed by atoms with Crippen LogP contribution in [0, 0.1) is 34.5 Å². The molecule has 1 saturated heterocycles. The summed E-state index contributed by atoms with van der Waals surface area (Å²) in [5.41, 5.74) is 1.03. The second kappa shape index (κ2) is 8.42. The number of ether oxygens (including phenoxy) is 2. The number of rotatable bonds is 3. The number of aliphatic hydroxyl groups is 1. The van der Waals surface area contributed by atoms with Crippen LogP contribution in [0.25, 0.3) is 0 Å². The molecular weight excluding hydrogens is 424 g/mol. The van der Waals surface area contributed by atoms with E-state index in [2.05, 4.69) is 20.8 Å². The van der Waals surface area contributed by atoms with E-state index < -0.39 is 5.60 Å². The Labute approximate surface area is 206 Å². The van der Waals surface area contributed by atoms with Gasteiger partial charge in [-0.15, -0.1) is 0 Å². The standard InChI is InChI=1S/C30H46O4/c1-19-5-4-6-27(33-19)34-23-11-14-28(2)21(18-23)8-10-26-25(28)12-15-29(3)24(13-16-30(26,29)32)20-7-9-22(31)17-20/h17,19,21,23-27,32H,4-16,18H2,1-3H3/t19-,21-,23+,24-,25?,26?,27+,28+,29-,30+/m1/s1. The third kappa shape index (κ3) is 3.52. The molecule has 6 aliphatic rings. The number of hydrogen-bond acceptors (Lipinski definition) is 4. The first-order valence-corrected chi connectivity index (χ1v) is 14.5. The number of allylic oxidation sites excluding steroid dienone is 2. The molecule has 0 spiro atoms. The lowest BCUT2D eigenvalue weighted by molar-refractivity contribution is -0.238. The zero-order chi connectivity index (χ0) is 23.7. The number of carbonyl (C=O) groups excluding carboxylic acids is 1. The molecule has 1 aliphatic heterocycles. The van der Waals surface area contributed by atoms with Gasteiger partial charge in [-0.05, 0) is 126 Å². The van der Waals surface area contributed by atoms with Gasteiger partial charge in [-0.25, -0.2) is 0 Å². The summed E-state index contributed by atoms with van der Waals surface area (Å²) >= 11 is 0. The van der Waals surface area contributed by atoms with Crippen LogP contribution in [0.2, 0.25) is 0 Å². The van der Waals surface area contributed by atoms with Crippen molar-refractivity contribution < 1.29 is 19.4 Å². The first kappa shape index (κ1) is 23.7. The van der Waals surface area contributed by atoms with Crippen molar-refractivity contribution in [3.8, 4) is 0 Å². The predicted molar refractivity (Wildman–Crippen MR) is 132 cm³/mol. The third-order valence-corrected chi connectivity index (χ3v) is 12.0. The van der Waals surface area contributed by atoms with Gasteiger partial charge in [-0.1, -0.05) is 19.4 Å². The highest BCUT2D eigenvalue weighted by molar-refractivity contribution is 5.93. The van der Waals surface area contributed by atoms with Crippen molar-refractivity contribution in [3.63, 3.8) is 0 Å². The molecule has 4 nitrogen and oxygen atoms in total. The first-order chi connectivity index (χ1) is 16.2. The molecule has 4 heteroatoms. The van der Waals surface area contributed by atoms with E-state index in [0.29, 0.717) is 53.5 Å². The summed E-state index contributed by atoms with van der Waals surface area (Å²) in [5.74, 6) is 2.43. The summed E-state index contributed by atoms with van der Waals surface area (Å²) in [6, 6.07) is 0. The van der Waals surface area contributed by atoms with Crippen LogP contribution in [0.15, 0.2) is 11.6 Å². The quantitative estimate of drug-likeness (QED) is 0.488. The molecule has 6 rings (SSSR count). The van der Waals surface area contributed by atoms with E-state index >= 15 is 0 Å². The SMILES string of the molecule is C[C@@H]1CCC[C@H](O[C@H]2CC[C@]3(C)C4CC[C@]5(C)[C@@H](C6=CC(=O)CC6)CC[C@]5(O)C4CC[C@@H]3C2)O1. The van der Waals surface area contributed by atoms with Crippen molar-refractivity contribution in [1.82, 2.24) is 0 Å². The smallest absolute Gasteiger partial charge is 0.158 e. The minimum Gasteiger partial charge on any atom is -0.389 e. The molecule has 5 fully saturated rings. The molecule has 0 aromatic rings. The van der Waals surface area contributed by atoms with Gasteiger partial charge in [0.2, 0.25) is 0 Å². The second-order valence-corrected chi connectivity index (χ2v) is 13.5. The Bertz CT molecular complexity index is 851. The van der Waals surface area contributed by atoms with Gasteiger partial charge in [0, 0.05) is 11.8 Å². The van der Waals surface area contributed by atoms with E-state index in [1.807, 2.05) is 6.08 Å². The maximum absolute atomic E-state index is 12.4. The lowest BCUT2D eigenvalue weighted by Crippen LogP contribution is -2.62. The van der Waals surface area contributed by atoms with Gasteiger partial charge in [0.25, 0.3) is 0 Å². The molecule has 1 heterocycles. The molecule has 2 unspecified atom stereocenters. The number of hydrogen-bond donors (Lipinski definition) is 1. The topological polar surface area (TPSA) is 55.8 Å². The normalized spacial score (nSPS) is 53.1. The zero-order valence-electron chi connectivity index (χ0n) is 21.7. The van der Waals surface area contributed by atoms with Crippen LogP contribution >= 0.6 is 0 Å². The lowest BCUT2D eigenvalue weighted by atomic mass is 9.43.